The molecule has 7 heteroatoms. The highest BCUT2D eigenvalue weighted by Crippen LogP contribution is 2.27. The van der Waals surface area contributed by atoms with Crippen LogP contribution in [-0.4, -0.2) is 36.6 Å². The minimum atomic E-state index is -0.964. The number of unbranched alkanes of at least 4 members (excludes halogenated alkanes) is 2. The number of benzene rings is 1. The van der Waals surface area contributed by atoms with Gasteiger partial charge in [-0.15, -0.1) is 5.10 Å². The average molecular weight is 461 g/mol. The van der Waals surface area contributed by atoms with Gasteiger partial charge in [-0.1, -0.05) is 63.3 Å². The Morgan fingerprint density at radius 1 is 1.06 bits per heavy atom. The van der Waals surface area contributed by atoms with Gasteiger partial charge in [0.25, 0.3) is 0 Å². The topological polar surface area (TPSA) is 98.0 Å². The molecule has 2 aromatic heterocycles. The van der Waals surface area contributed by atoms with Crippen LogP contribution in [0.3, 0.4) is 0 Å². The Morgan fingerprint density at radius 3 is 2.56 bits per heavy atom. The number of pyridine rings is 1. The zero-order chi connectivity index (χ0) is 23.9. The van der Waals surface area contributed by atoms with Gasteiger partial charge >= 0.3 is 5.97 Å². The van der Waals surface area contributed by atoms with E-state index < -0.39 is 5.97 Å². The van der Waals surface area contributed by atoms with Gasteiger partial charge in [-0.05, 0) is 37.0 Å². The summed E-state index contributed by atoms with van der Waals surface area (Å²) < 4.78 is 1.82. The summed E-state index contributed by atoms with van der Waals surface area (Å²) in [5.41, 5.74) is 2.42. The Labute approximate surface area is 200 Å². The summed E-state index contributed by atoms with van der Waals surface area (Å²) in [5, 5.41) is 14.1. The van der Waals surface area contributed by atoms with Crippen LogP contribution in [0.1, 0.15) is 90.8 Å². The van der Waals surface area contributed by atoms with Gasteiger partial charge in [-0.3, -0.25) is 9.78 Å². The number of carboxylic acids is 1. The zero-order valence-electron chi connectivity index (χ0n) is 19.7. The molecule has 7 nitrogen and oxygen atoms in total. The molecule has 1 aromatic carbocycles. The van der Waals surface area contributed by atoms with E-state index in [-0.39, 0.29) is 17.3 Å². The molecular formula is C27H32N4O3. The summed E-state index contributed by atoms with van der Waals surface area (Å²) in [7, 11) is 0. The van der Waals surface area contributed by atoms with E-state index in [1.807, 2.05) is 22.9 Å². The number of hydrogen-bond acceptors (Lipinski definition) is 5. The predicted molar refractivity (Wildman–Crippen MR) is 130 cm³/mol. The van der Waals surface area contributed by atoms with Crippen molar-refractivity contribution in [3.05, 3.63) is 65.5 Å². The van der Waals surface area contributed by atoms with Crippen LogP contribution < -0.4 is 0 Å². The fraction of sp³-hybridized carbons (Fsp3) is 0.444. The molecule has 4 rings (SSSR count). The van der Waals surface area contributed by atoms with Crippen molar-refractivity contribution in [1.82, 2.24) is 19.7 Å². The molecule has 1 aliphatic rings. The normalized spacial score (nSPS) is 14.3. The maximum absolute atomic E-state index is 13.0. The van der Waals surface area contributed by atoms with E-state index in [1.54, 1.807) is 24.4 Å². The molecule has 2 heterocycles. The summed E-state index contributed by atoms with van der Waals surface area (Å²) in [6.07, 6.45) is 11.0. The molecule has 0 amide bonds. The highest BCUT2D eigenvalue weighted by Gasteiger charge is 2.26. The molecule has 1 fully saturated rings. The number of carbonyl (C=O) groups excluding carboxylic acids is 1. The summed E-state index contributed by atoms with van der Waals surface area (Å²) in [6, 6.07) is 10.7. The highest BCUT2D eigenvalue weighted by molar-refractivity contribution is 5.96. The molecule has 1 saturated carbocycles. The Kier molecular flexibility index (Phi) is 7.83. The standard InChI is InChI=1S/C27H32N4O3/c1-2-3-5-14-24-29-26(25(32)19-10-6-4-7-11-19)30-31(24)18-21-16-15-20(17-28-21)22-12-8-9-13-23(22)27(33)34/h8-9,12-13,15-17,19H,2-7,10-11,14,18H2,1H3,(H,33,34). The number of nitrogens with zero attached hydrogens (tertiary/aromatic N) is 4. The lowest BCUT2D eigenvalue weighted by atomic mass is 9.86. The van der Waals surface area contributed by atoms with Crippen molar-refractivity contribution in [1.29, 1.82) is 0 Å². The van der Waals surface area contributed by atoms with Crippen molar-refractivity contribution in [2.45, 2.75) is 71.3 Å². The maximum atomic E-state index is 13.0. The molecule has 34 heavy (non-hydrogen) atoms. The third-order valence-electron chi connectivity index (χ3n) is 6.55. The molecule has 1 N–H and O–H groups in total. The van der Waals surface area contributed by atoms with Crippen LogP contribution >= 0.6 is 0 Å². The van der Waals surface area contributed by atoms with E-state index >= 15 is 0 Å². The van der Waals surface area contributed by atoms with Crippen molar-refractivity contribution in [3.8, 4) is 11.1 Å². The van der Waals surface area contributed by atoms with E-state index in [0.29, 0.717) is 17.9 Å². The number of rotatable bonds is 10. The number of carbonyl (C=O) groups is 2. The number of carboxylic acid groups (broad SMARTS) is 1. The molecule has 0 spiro atoms. The van der Waals surface area contributed by atoms with Crippen molar-refractivity contribution in [3.63, 3.8) is 0 Å². The van der Waals surface area contributed by atoms with Crippen LogP contribution in [0, 0.1) is 5.92 Å². The van der Waals surface area contributed by atoms with Gasteiger partial charge in [-0.25, -0.2) is 14.5 Å². The van der Waals surface area contributed by atoms with Crippen LogP contribution in [0.25, 0.3) is 11.1 Å². The third-order valence-corrected chi connectivity index (χ3v) is 6.55. The van der Waals surface area contributed by atoms with Gasteiger partial charge < -0.3 is 5.11 Å². The predicted octanol–water partition coefficient (Wildman–Crippen LogP) is 5.58. The fourth-order valence-electron chi connectivity index (χ4n) is 4.62. The number of aromatic carboxylic acids is 1. The lowest BCUT2D eigenvalue weighted by molar-refractivity contribution is 0.0697. The first-order chi connectivity index (χ1) is 16.6. The summed E-state index contributed by atoms with van der Waals surface area (Å²) >= 11 is 0. The molecule has 0 saturated heterocycles. The van der Waals surface area contributed by atoms with Crippen LogP contribution in [0.5, 0.6) is 0 Å². The van der Waals surface area contributed by atoms with Gasteiger partial charge in [0.05, 0.1) is 17.8 Å². The van der Waals surface area contributed by atoms with E-state index in [1.165, 1.54) is 6.42 Å². The van der Waals surface area contributed by atoms with Crippen molar-refractivity contribution in [2.24, 2.45) is 5.92 Å². The first-order valence-corrected chi connectivity index (χ1v) is 12.3. The first-order valence-electron chi connectivity index (χ1n) is 12.3. The molecule has 3 aromatic rings. The molecular weight excluding hydrogens is 428 g/mol. The van der Waals surface area contributed by atoms with E-state index in [9.17, 15) is 14.7 Å². The van der Waals surface area contributed by atoms with Crippen molar-refractivity contribution < 1.29 is 14.7 Å². The Hall–Kier alpha value is -3.35. The van der Waals surface area contributed by atoms with E-state index in [2.05, 4.69) is 22.0 Å². The summed E-state index contributed by atoms with van der Waals surface area (Å²) in [4.78, 5) is 33.8. The summed E-state index contributed by atoms with van der Waals surface area (Å²) in [5.74, 6) is 0.317. The second-order valence-electron chi connectivity index (χ2n) is 9.05. The van der Waals surface area contributed by atoms with Crippen molar-refractivity contribution >= 4 is 11.8 Å². The molecule has 0 bridgehead atoms. The van der Waals surface area contributed by atoms with Crippen LogP contribution in [-0.2, 0) is 13.0 Å². The lowest BCUT2D eigenvalue weighted by Crippen LogP contribution is -2.19. The Morgan fingerprint density at radius 2 is 1.85 bits per heavy atom. The Bertz CT molecular complexity index is 1130. The SMILES string of the molecule is CCCCCc1nc(C(=O)C2CCCCC2)nn1Cc1ccc(-c2ccccc2C(=O)O)cn1. The summed E-state index contributed by atoms with van der Waals surface area (Å²) in [6.45, 7) is 2.59. The minimum absolute atomic E-state index is 0.0415. The molecule has 0 radical (unpaired) electrons. The van der Waals surface area contributed by atoms with Gasteiger partial charge in [0, 0.05) is 24.1 Å². The molecule has 0 atom stereocenters. The van der Waals surface area contributed by atoms with Crippen LogP contribution in [0.2, 0.25) is 0 Å². The zero-order valence-corrected chi connectivity index (χ0v) is 19.7. The average Bonchev–Trinajstić information content (AvgIpc) is 3.27. The Balaban J connectivity index is 1.55. The van der Waals surface area contributed by atoms with Crippen LogP contribution in [0.15, 0.2) is 42.6 Å². The van der Waals surface area contributed by atoms with Crippen molar-refractivity contribution in [2.75, 3.05) is 0 Å². The van der Waals surface area contributed by atoms with Crippen LogP contribution in [0.4, 0.5) is 0 Å². The van der Waals surface area contributed by atoms with Gasteiger partial charge in [0.15, 0.2) is 0 Å². The quantitative estimate of drug-likeness (QED) is 0.313. The van der Waals surface area contributed by atoms with Gasteiger partial charge in [0.1, 0.15) is 5.82 Å². The molecule has 0 unspecified atom stereocenters. The minimum Gasteiger partial charge on any atom is -0.478 e. The number of hydrogen-bond donors (Lipinski definition) is 1. The molecule has 0 aliphatic heterocycles. The van der Waals surface area contributed by atoms with Gasteiger partial charge in [0.2, 0.25) is 11.6 Å². The smallest absolute Gasteiger partial charge is 0.336 e. The maximum Gasteiger partial charge on any atom is 0.336 e. The van der Waals surface area contributed by atoms with E-state index in [4.69, 9.17) is 0 Å². The number of aromatic nitrogens is 4. The molecule has 1 aliphatic carbocycles. The number of ketones is 1. The third kappa shape index (κ3) is 5.58. The monoisotopic (exact) mass is 460 g/mol. The second kappa shape index (κ2) is 11.2. The van der Waals surface area contributed by atoms with Gasteiger partial charge in [-0.2, -0.15) is 0 Å². The highest BCUT2D eigenvalue weighted by atomic mass is 16.4. The fourth-order valence-corrected chi connectivity index (χ4v) is 4.62. The molecule has 178 valence electrons. The van der Waals surface area contributed by atoms with E-state index in [0.717, 1.165) is 68.4 Å². The largest absolute Gasteiger partial charge is 0.478 e. The second-order valence-corrected chi connectivity index (χ2v) is 9.05. The number of Topliss-reactive ketones (excluding diaryl/α,β-unsaturated/α-hetero) is 1. The first kappa shape index (κ1) is 23.8. The number of aryl methyl sites for hydroxylation is 1. The lowest BCUT2D eigenvalue weighted by Gasteiger charge is -2.18.